The average Bonchev–Trinajstić information content (AvgIpc) is 3.29. The fourth-order valence-corrected chi connectivity index (χ4v) is 3.53. The number of ketones is 1. The van der Waals surface area contributed by atoms with Crippen molar-refractivity contribution in [2.45, 2.75) is 46.1 Å². The molecule has 3 rings (SSSR count). The molecular weight excluding hydrogens is 350 g/mol. The third-order valence-electron chi connectivity index (χ3n) is 5.14. The molecule has 28 heavy (non-hydrogen) atoms. The second-order valence-electron chi connectivity index (χ2n) is 6.98. The molecule has 2 aromatic rings. The largest absolute Gasteiger partial charge is 0.462 e. The molecule has 0 spiro atoms. The third-order valence-corrected chi connectivity index (χ3v) is 5.14. The number of rotatable bonds is 9. The Morgan fingerprint density at radius 1 is 1.18 bits per heavy atom. The van der Waals surface area contributed by atoms with Gasteiger partial charge in [0.05, 0.1) is 23.6 Å². The Kier molecular flexibility index (Phi) is 6.30. The Hall–Kier alpha value is -2.88. The molecule has 1 aromatic heterocycles. The fourth-order valence-electron chi connectivity index (χ4n) is 3.53. The molecule has 4 heteroatoms. The lowest BCUT2D eigenvalue weighted by molar-refractivity contribution is -0.136. The molecular formula is C24H27NO3. The molecule has 0 N–H and O–H groups in total. The summed E-state index contributed by atoms with van der Waals surface area (Å²) in [5, 5.41) is 0. The summed E-state index contributed by atoms with van der Waals surface area (Å²) in [7, 11) is 0. The lowest BCUT2D eigenvalue weighted by Gasteiger charge is -2.09. The summed E-state index contributed by atoms with van der Waals surface area (Å²) in [5.41, 5.74) is 4.57. The van der Waals surface area contributed by atoms with Crippen molar-refractivity contribution in [3.63, 3.8) is 0 Å². The summed E-state index contributed by atoms with van der Waals surface area (Å²) < 4.78 is 7.36. The SMILES string of the molecule is C=Cc1ccc(C(=O)c2c(CC)cc3n2CC=C3C(=O)OCCCCC)cc1. The number of ether oxygens (including phenoxy) is 1. The minimum atomic E-state index is -0.302. The van der Waals surface area contributed by atoms with Crippen LogP contribution in [-0.2, 0) is 22.5 Å². The number of carbonyl (C=O) groups excluding carboxylic acids is 2. The van der Waals surface area contributed by atoms with Gasteiger partial charge < -0.3 is 9.30 Å². The molecule has 1 aliphatic rings. The monoisotopic (exact) mass is 377 g/mol. The van der Waals surface area contributed by atoms with Crippen LogP contribution >= 0.6 is 0 Å². The van der Waals surface area contributed by atoms with E-state index in [-0.39, 0.29) is 11.8 Å². The van der Waals surface area contributed by atoms with E-state index in [1.807, 2.05) is 47.9 Å². The molecule has 0 bridgehead atoms. The predicted octanol–water partition coefficient (Wildman–Crippen LogP) is 5.05. The molecule has 1 aromatic carbocycles. The van der Waals surface area contributed by atoms with Gasteiger partial charge >= 0.3 is 5.97 Å². The van der Waals surface area contributed by atoms with E-state index in [1.165, 1.54) is 0 Å². The molecule has 4 nitrogen and oxygen atoms in total. The number of hydrogen-bond acceptors (Lipinski definition) is 3. The normalized spacial score (nSPS) is 12.4. The van der Waals surface area contributed by atoms with E-state index in [9.17, 15) is 9.59 Å². The first-order chi connectivity index (χ1) is 13.6. The van der Waals surface area contributed by atoms with Gasteiger partial charge in [-0.25, -0.2) is 4.79 Å². The van der Waals surface area contributed by atoms with Crippen LogP contribution in [0.2, 0.25) is 0 Å². The molecule has 0 atom stereocenters. The van der Waals surface area contributed by atoms with Crippen LogP contribution in [0.25, 0.3) is 11.6 Å². The van der Waals surface area contributed by atoms with Crippen LogP contribution in [0.3, 0.4) is 0 Å². The van der Waals surface area contributed by atoms with Crippen molar-refractivity contribution in [2.24, 2.45) is 0 Å². The van der Waals surface area contributed by atoms with Gasteiger partial charge in [-0.15, -0.1) is 0 Å². The maximum absolute atomic E-state index is 13.2. The van der Waals surface area contributed by atoms with E-state index in [2.05, 4.69) is 13.5 Å². The highest BCUT2D eigenvalue weighted by molar-refractivity contribution is 6.18. The molecule has 0 amide bonds. The molecule has 0 saturated heterocycles. The first kappa shape index (κ1) is 19.9. The number of benzene rings is 1. The lowest BCUT2D eigenvalue weighted by Crippen LogP contribution is -2.12. The van der Waals surface area contributed by atoms with Gasteiger partial charge in [-0.3, -0.25) is 4.79 Å². The van der Waals surface area contributed by atoms with Crippen molar-refractivity contribution < 1.29 is 14.3 Å². The number of aromatic nitrogens is 1. The number of hydrogen-bond donors (Lipinski definition) is 0. The van der Waals surface area contributed by atoms with Crippen molar-refractivity contribution >= 4 is 23.4 Å². The van der Waals surface area contributed by atoms with Gasteiger partial charge in [0.2, 0.25) is 5.78 Å². The number of carbonyl (C=O) groups is 2. The summed E-state index contributed by atoms with van der Waals surface area (Å²) in [6.07, 6.45) is 7.34. The van der Waals surface area contributed by atoms with Crippen molar-refractivity contribution in [3.05, 3.63) is 71.1 Å². The predicted molar refractivity (Wildman–Crippen MR) is 112 cm³/mol. The standard InChI is InChI=1S/C24H27NO3/c1-4-7-8-15-28-24(27)20-13-14-25-21(20)16-18(6-3)22(25)23(26)19-11-9-17(5-2)10-12-19/h5,9-13,16H,2,4,6-8,14-15H2,1,3H3. The maximum Gasteiger partial charge on any atom is 0.339 e. The quantitative estimate of drug-likeness (QED) is 0.349. The van der Waals surface area contributed by atoms with E-state index < -0.39 is 0 Å². The first-order valence-electron chi connectivity index (χ1n) is 9.97. The molecule has 0 unspecified atom stereocenters. The van der Waals surface area contributed by atoms with Crippen molar-refractivity contribution in [3.8, 4) is 0 Å². The number of esters is 1. The molecule has 0 fully saturated rings. The zero-order valence-corrected chi connectivity index (χ0v) is 16.7. The highest BCUT2D eigenvalue weighted by Gasteiger charge is 2.29. The smallest absolute Gasteiger partial charge is 0.339 e. The van der Waals surface area contributed by atoms with Gasteiger partial charge in [0, 0.05) is 12.1 Å². The highest BCUT2D eigenvalue weighted by atomic mass is 16.5. The Balaban J connectivity index is 1.85. The van der Waals surface area contributed by atoms with E-state index in [0.717, 1.165) is 42.5 Å². The number of fused-ring (bicyclic) bond motifs is 1. The molecule has 2 heterocycles. The van der Waals surface area contributed by atoms with Gasteiger partial charge in [-0.05, 0) is 36.1 Å². The summed E-state index contributed by atoms with van der Waals surface area (Å²) in [6, 6.07) is 9.37. The first-order valence-corrected chi connectivity index (χ1v) is 9.97. The second-order valence-corrected chi connectivity index (χ2v) is 6.98. The summed E-state index contributed by atoms with van der Waals surface area (Å²) in [5.74, 6) is -0.325. The van der Waals surface area contributed by atoms with Crippen molar-refractivity contribution in [1.82, 2.24) is 4.57 Å². The van der Waals surface area contributed by atoms with Gasteiger partial charge in [-0.1, -0.05) is 63.6 Å². The molecule has 1 aliphatic heterocycles. The number of nitrogens with zero attached hydrogens (tertiary/aromatic N) is 1. The molecule has 0 aliphatic carbocycles. The maximum atomic E-state index is 13.2. The lowest BCUT2D eigenvalue weighted by atomic mass is 10.0. The van der Waals surface area contributed by atoms with Crippen LogP contribution in [0.5, 0.6) is 0 Å². The zero-order valence-electron chi connectivity index (χ0n) is 16.7. The summed E-state index contributed by atoms with van der Waals surface area (Å²) in [6.45, 7) is 8.84. The van der Waals surface area contributed by atoms with E-state index >= 15 is 0 Å². The Morgan fingerprint density at radius 3 is 2.57 bits per heavy atom. The van der Waals surface area contributed by atoms with Crippen molar-refractivity contribution in [1.29, 1.82) is 0 Å². The van der Waals surface area contributed by atoms with Gasteiger partial charge in [0.15, 0.2) is 0 Å². The topological polar surface area (TPSA) is 48.3 Å². The van der Waals surface area contributed by atoms with E-state index in [0.29, 0.717) is 30.0 Å². The van der Waals surface area contributed by atoms with Crippen LogP contribution in [0, 0.1) is 0 Å². The highest BCUT2D eigenvalue weighted by Crippen LogP contribution is 2.31. The van der Waals surface area contributed by atoms with E-state index in [1.54, 1.807) is 6.08 Å². The van der Waals surface area contributed by atoms with Crippen LogP contribution in [0.4, 0.5) is 0 Å². The van der Waals surface area contributed by atoms with E-state index in [4.69, 9.17) is 4.74 Å². The Morgan fingerprint density at radius 2 is 1.93 bits per heavy atom. The van der Waals surface area contributed by atoms with Crippen LogP contribution in [-0.4, -0.2) is 22.9 Å². The van der Waals surface area contributed by atoms with Gasteiger partial charge in [0.1, 0.15) is 0 Å². The average molecular weight is 377 g/mol. The second kappa shape index (κ2) is 8.87. The van der Waals surface area contributed by atoms with Crippen LogP contribution in [0.15, 0.2) is 43.0 Å². The Bertz CT molecular complexity index is 916. The summed E-state index contributed by atoms with van der Waals surface area (Å²) >= 11 is 0. The minimum Gasteiger partial charge on any atom is -0.462 e. The van der Waals surface area contributed by atoms with Crippen LogP contribution in [0.1, 0.15) is 66.0 Å². The molecule has 146 valence electrons. The fraction of sp³-hybridized carbons (Fsp3) is 0.333. The Labute approximate surface area is 166 Å². The van der Waals surface area contributed by atoms with Crippen molar-refractivity contribution in [2.75, 3.05) is 6.61 Å². The molecule has 0 radical (unpaired) electrons. The van der Waals surface area contributed by atoms with Crippen LogP contribution < -0.4 is 0 Å². The van der Waals surface area contributed by atoms with Gasteiger partial charge in [-0.2, -0.15) is 0 Å². The van der Waals surface area contributed by atoms with Gasteiger partial charge in [0.25, 0.3) is 0 Å². The number of aryl methyl sites for hydroxylation is 1. The molecule has 0 saturated carbocycles. The number of unbranched alkanes of at least 4 members (excludes halogenated alkanes) is 2. The minimum absolute atomic E-state index is 0.0234. The number of allylic oxidation sites excluding steroid dienone is 1. The summed E-state index contributed by atoms with van der Waals surface area (Å²) in [4.78, 5) is 25.7. The third kappa shape index (κ3) is 3.86. The zero-order chi connectivity index (χ0) is 20.1.